The quantitative estimate of drug-likeness (QED) is 0.373. The van der Waals surface area contributed by atoms with Gasteiger partial charge in [-0.25, -0.2) is 4.52 Å². The zero-order valence-corrected chi connectivity index (χ0v) is 21.3. The molecule has 0 spiro atoms. The predicted octanol–water partition coefficient (Wildman–Crippen LogP) is 4.57. The Balaban J connectivity index is 1.43. The van der Waals surface area contributed by atoms with E-state index in [2.05, 4.69) is 36.4 Å². The minimum absolute atomic E-state index is 0.150. The summed E-state index contributed by atoms with van der Waals surface area (Å²) in [6.45, 7) is 6.47. The molecule has 0 aliphatic carbocycles. The van der Waals surface area contributed by atoms with Crippen molar-refractivity contribution in [3.63, 3.8) is 0 Å². The minimum atomic E-state index is -0.226. The van der Waals surface area contributed by atoms with Gasteiger partial charge in [-0.2, -0.15) is 5.10 Å². The Morgan fingerprint density at radius 3 is 2.31 bits per heavy atom. The van der Waals surface area contributed by atoms with E-state index in [1.807, 2.05) is 37.3 Å². The molecule has 0 saturated heterocycles. The standard InChI is InChI=1S/C28H32N4O4/c1-18(2)20-6-8-21(9-7-20)23-17-24-28(34)31(14-15-32(24)30-23)13-12-27(33)29-19(3)22-10-11-25(35-4)26(16-22)36-5/h6-11,14-19H,12-13H2,1-5H3,(H,29,33). The highest BCUT2D eigenvalue weighted by Gasteiger charge is 2.14. The molecule has 2 aromatic heterocycles. The lowest BCUT2D eigenvalue weighted by molar-refractivity contribution is -0.121. The molecule has 0 aliphatic heterocycles. The van der Waals surface area contributed by atoms with Gasteiger partial charge in [0, 0.05) is 30.9 Å². The lowest BCUT2D eigenvalue weighted by atomic mass is 10.0. The number of fused-ring (bicyclic) bond motifs is 1. The summed E-state index contributed by atoms with van der Waals surface area (Å²) in [5, 5.41) is 7.54. The van der Waals surface area contributed by atoms with Gasteiger partial charge >= 0.3 is 0 Å². The van der Waals surface area contributed by atoms with Crippen LogP contribution >= 0.6 is 0 Å². The maximum absolute atomic E-state index is 13.0. The van der Waals surface area contributed by atoms with Gasteiger partial charge in [-0.05, 0) is 42.2 Å². The van der Waals surface area contributed by atoms with Crippen molar-refractivity contribution in [3.05, 3.63) is 82.4 Å². The predicted molar refractivity (Wildman–Crippen MR) is 140 cm³/mol. The molecule has 0 bridgehead atoms. The van der Waals surface area contributed by atoms with Crippen molar-refractivity contribution >= 4 is 11.4 Å². The molecule has 8 nitrogen and oxygen atoms in total. The first kappa shape index (κ1) is 25.0. The summed E-state index contributed by atoms with van der Waals surface area (Å²) in [4.78, 5) is 25.7. The SMILES string of the molecule is COc1ccc(C(C)NC(=O)CCn2ccn3nc(-c4ccc(C(C)C)cc4)cc3c2=O)cc1OC. The highest BCUT2D eigenvalue weighted by molar-refractivity contribution is 5.76. The average molecular weight is 489 g/mol. The van der Waals surface area contributed by atoms with Gasteiger partial charge in [-0.3, -0.25) is 9.59 Å². The zero-order valence-electron chi connectivity index (χ0n) is 21.3. The fourth-order valence-electron chi connectivity index (χ4n) is 4.12. The van der Waals surface area contributed by atoms with Crippen LogP contribution in [0.5, 0.6) is 11.5 Å². The topological polar surface area (TPSA) is 86.9 Å². The number of ether oxygens (including phenoxy) is 2. The van der Waals surface area contributed by atoms with Crippen LogP contribution in [0, 0.1) is 0 Å². The summed E-state index contributed by atoms with van der Waals surface area (Å²) in [5.41, 5.74) is 4.13. The molecule has 1 N–H and O–H groups in total. The second kappa shape index (κ2) is 10.7. The summed E-state index contributed by atoms with van der Waals surface area (Å²) in [6.07, 6.45) is 3.58. The van der Waals surface area contributed by atoms with Crippen LogP contribution in [0.1, 0.15) is 50.3 Å². The number of aryl methyl sites for hydroxylation is 1. The molecule has 0 aliphatic rings. The van der Waals surface area contributed by atoms with E-state index >= 15 is 0 Å². The zero-order chi connectivity index (χ0) is 25.8. The van der Waals surface area contributed by atoms with Crippen molar-refractivity contribution in [2.45, 2.75) is 45.7 Å². The normalized spacial score (nSPS) is 12.1. The Kier molecular flexibility index (Phi) is 7.43. The largest absolute Gasteiger partial charge is 0.493 e. The molecule has 1 atom stereocenters. The van der Waals surface area contributed by atoms with Crippen LogP contribution in [0.25, 0.3) is 16.8 Å². The molecular formula is C28H32N4O4. The van der Waals surface area contributed by atoms with Crippen molar-refractivity contribution in [2.24, 2.45) is 0 Å². The summed E-state index contributed by atoms with van der Waals surface area (Å²) >= 11 is 0. The van der Waals surface area contributed by atoms with Crippen LogP contribution in [0.4, 0.5) is 0 Å². The fraction of sp³-hybridized carbons (Fsp3) is 0.321. The number of benzene rings is 2. The number of aromatic nitrogens is 3. The van der Waals surface area contributed by atoms with E-state index in [1.165, 1.54) is 5.56 Å². The molecule has 0 radical (unpaired) electrons. The van der Waals surface area contributed by atoms with Crippen LogP contribution in [0.15, 0.2) is 65.7 Å². The maximum Gasteiger partial charge on any atom is 0.276 e. The van der Waals surface area contributed by atoms with Crippen molar-refractivity contribution in [3.8, 4) is 22.8 Å². The smallest absolute Gasteiger partial charge is 0.276 e. The second-order valence-corrected chi connectivity index (χ2v) is 9.09. The summed E-state index contributed by atoms with van der Waals surface area (Å²) in [5.74, 6) is 1.53. The molecule has 1 amide bonds. The van der Waals surface area contributed by atoms with Crippen LogP contribution in [-0.2, 0) is 11.3 Å². The molecular weight excluding hydrogens is 456 g/mol. The van der Waals surface area contributed by atoms with Crippen LogP contribution < -0.4 is 20.3 Å². The van der Waals surface area contributed by atoms with Crippen LogP contribution in [0.3, 0.4) is 0 Å². The summed E-state index contributed by atoms with van der Waals surface area (Å²) < 4.78 is 13.7. The molecule has 0 saturated carbocycles. The molecule has 2 heterocycles. The van der Waals surface area contributed by atoms with Crippen molar-refractivity contribution in [1.82, 2.24) is 19.5 Å². The molecule has 4 rings (SSSR count). The second-order valence-electron chi connectivity index (χ2n) is 9.09. The monoisotopic (exact) mass is 488 g/mol. The van der Waals surface area contributed by atoms with Gasteiger partial charge in [0.05, 0.1) is 26.0 Å². The van der Waals surface area contributed by atoms with Crippen LogP contribution in [0.2, 0.25) is 0 Å². The molecule has 4 aromatic rings. The number of nitrogens with zero attached hydrogens (tertiary/aromatic N) is 3. The Labute approximate surface area is 210 Å². The van der Waals surface area contributed by atoms with Crippen molar-refractivity contribution < 1.29 is 14.3 Å². The van der Waals surface area contributed by atoms with Gasteiger partial charge in [0.25, 0.3) is 5.56 Å². The molecule has 1 unspecified atom stereocenters. The van der Waals surface area contributed by atoms with Gasteiger partial charge < -0.3 is 19.4 Å². The van der Waals surface area contributed by atoms with E-state index in [4.69, 9.17) is 9.47 Å². The number of hydrogen-bond donors (Lipinski definition) is 1. The Bertz CT molecular complexity index is 1420. The van der Waals surface area contributed by atoms with E-state index in [1.54, 1.807) is 41.8 Å². The first-order valence-corrected chi connectivity index (χ1v) is 12.0. The number of rotatable bonds is 9. The Morgan fingerprint density at radius 1 is 0.944 bits per heavy atom. The van der Waals surface area contributed by atoms with Gasteiger partial charge in [0.2, 0.25) is 5.91 Å². The van der Waals surface area contributed by atoms with Gasteiger partial charge in [-0.1, -0.05) is 44.2 Å². The highest BCUT2D eigenvalue weighted by Crippen LogP contribution is 2.30. The third kappa shape index (κ3) is 5.27. The highest BCUT2D eigenvalue weighted by atomic mass is 16.5. The number of carbonyl (C=O) groups excluding carboxylic acids is 1. The third-order valence-corrected chi connectivity index (χ3v) is 6.34. The fourth-order valence-corrected chi connectivity index (χ4v) is 4.12. The molecule has 2 aromatic carbocycles. The average Bonchev–Trinajstić information content (AvgIpc) is 3.33. The van der Waals surface area contributed by atoms with Crippen molar-refractivity contribution in [1.29, 1.82) is 0 Å². The molecule has 36 heavy (non-hydrogen) atoms. The van der Waals surface area contributed by atoms with Gasteiger partial charge in [-0.15, -0.1) is 0 Å². The lowest BCUT2D eigenvalue weighted by Gasteiger charge is -2.17. The molecule has 0 fully saturated rings. The lowest BCUT2D eigenvalue weighted by Crippen LogP contribution is -2.29. The first-order chi connectivity index (χ1) is 17.3. The van der Waals surface area contributed by atoms with Crippen LogP contribution in [-0.4, -0.2) is 34.3 Å². The number of nitrogens with one attached hydrogen (secondary N) is 1. The van der Waals surface area contributed by atoms with Gasteiger partial charge in [0.15, 0.2) is 11.5 Å². The Morgan fingerprint density at radius 2 is 1.64 bits per heavy atom. The third-order valence-electron chi connectivity index (χ3n) is 6.34. The van der Waals surface area contributed by atoms with Crippen molar-refractivity contribution in [2.75, 3.05) is 14.2 Å². The number of methoxy groups -OCH3 is 2. The summed E-state index contributed by atoms with van der Waals surface area (Å²) in [6, 6.07) is 15.3. The maximum atomic E-state index is 13.0. The minimum Gasteiger partial charge on any atom is -0.493 e. The number of hydrogen-bond acceptors (Lipinski definition) is 5. The van der Waals surface area contributed by atoms with E-state index < -0.39 is 0 Å². The van der Waals surface area contributed by atoms with Gasteiger partial charge in [0.1, 0.15) is 5.52 Å². The van der Waals surface area contributed by atoms with E-state index in [0.717, 1.165) is 16.8 Å². The first-order valence-electron chi connectivity index (χ1n) is 12.0. The number of carbonyl (C=O) groups is 1. The van der Waals surface area contributed by atoms with E-state index in [0.29, 0.717) is 22.9 Å². The molecule has 188 valence electrons. The Hall–Kier alpha value is -4.07. The van der Waals surface area contributed by atoms with E-state index in [-0.39, 0.29) is 30.5 Å². The number of amides is 1. The summed E-state index contributed by atoms with van der Waals surface area (Å²) in [7, 11) is 3.16. The van der Waals surface area contributed by atoms with E-state index in [9.17, 15) is 9.59 Å². The molecule has 8 heteroatoms.